The van der Waals surface area contributed by atoms with Crippen molar-refractivity contribution in [2.45, 2.75) is 51.1 Å². The molecule has 0 aliphatic heterocycles. The lowest BCUT2D eigenvalue weighted by atomic mass is 9.96. The maximum absolute atomic E-state index is 12.5. The van der Waals surface area contributed by atoms with Gasteiger partial charge in [0.1, 0.15) is 5.75 Å². The number of aromatic nitrogens is 2. The molecule has 4 nitrogen and oxygen atoms in total. The highest BCUT2D eigenvalue weighted by Gasteiger charge is 2.31. The van der Waals surface area contributed by atoms with E-state index in [1.807, 2.05) is 10.9 Å². The van der Waals surface area contributed by atoms with Crippen LogP contribution in [0.25, 0.3) is 11.1 Å². The Bertz CT molecular complexity index is 691. The minimum Gasteiger partial charge on any atom is -0.406 e. The van der Waals surface area contributed by atoms with Crippen LogP contribution in [-0.4, -0.2) is 16.1 Å². The Kier molecular flexibility index (Phi) is 4.80. The van der Waals surface area contributed by atoms with Gasteiger partial charge >= 0.3 is 6.36 Å². The Morgan fingerprint density at radius 1 is 1.12 bits per heavy atom. The van der Waals surface area contributed by atoms with Crippen molar-refractivity contribution in [1.82, 2.24) is 9.78 Å². The number of hydrogen-bond donors (Lipinski definition) is 1. The maximum Gasteiger partial charge on any atom is 0.573 e. The summed E-state index contributed by atoms with van der Waals surface area (Å²) in [5.41, 5.74) is 7.57. The van der Waals surface area contributed by atoms with Gasteiger partial charge in [-0.15, -0.1) is 13.2 Å². The second-order valence-electron chi connectivity index (χ2n) is 6.12. The second-order valence-corrected chi connectivity index (χ2v) is 6.12. The Balaban J connectivity index is 1.88. The second kappa shape index (κ2) is 6.84. The molecule has 7 heteroatoms. The van der Waals surface area contributed by atoms with Crippen molar-refractivity contribution < 1.29 is 17.9 Å². The van der Waals surface area contributed by atoms with Crippen molar-refractivity contribution in [3.05, 3.63) is 36.2 Å². The number of rotatable bonds is 4. The van der Waals surface area contributed by atoms with Crippen LogP contribution in [0.5, 0.6) is 5.75 Å². The maximum atomic E-state index is 12.5. The lowest BCUT2D eigenvalue weighted by molar-refractivity contribution is -0.274. The van der Waals surface area contributed by atoms with Gasteiger partial charge in [0.2, 0.25) is 0 Å². The van der Waals surface area contributed by atoms with Crippen LogP contribution in [0.2, 0.25) is 0 Å². The Labute approximate surface area is 138 Å². The summed E-state index contributed by atoms with van der Waals surface area (Å²) in [5.74, 6) is -0.258. The van der Waals surface area contributed by atoms with Crippen LogP contribution in [0, 0.1) is 0 Å². The van der Waals surface area contributed by atoms with Gasteiger partial charge < -0.3 is 10.5 Å². The van der Waals surface area contributed by atoms with Gasteiger partial charge in [0, 0.05) is 18.3 Å². The Morgan fingerprint density at radius 3 is 2.54 bits per heavy atom. The van der Waals surface area contributed by atoms with Gasteiger partial charge in [-0.05, 0) is 42.2 Å². The van der Waals surface area contributed by atoms with E-state index in [0.717, 1.165) is 18.4 Å². The highest BCUT2D eigenvalue weighted by molar-refractivity contribution is 5.65. The van der Waals surface area contributed by atoms with Gasteiger partial charge in [0.15, 0.2) is 0 Å². The molecule has 0 spiro atoms. The highest BCUT2D eigenvalue weighted by atomic mass is 19.4. The van der Waals surface area contributed by atoms with Gasteiger partial charge in [0.25, 0.3) is 0 Å². The summed E-state index contributed by atoms with van der Waals surface area (Å²) in [6.45, 7) is 0.138. The minimum absolute atomic E-state index is 0.138. The Morgan fingerprint density at radius 2 is 1.88 bits per heavy atom. The van der Waals surface area contributed by atoms with E-state index in [4.69, 9.17) is 5.73 Å². The molecule has 1 saturated carbocycles. The predicted molar refractivity (Wildman–Crippen MR) is 84.4 cm³/mol. The number of alkyl halides is 3. The van der Waals surface area contributed by atoms with Crippen LogP contribution in [0.15, 0.2) is 30.6 Å². The third-order valence-electron chi connectivity index (χ3n) is 4.32. The molecule has 130 valence electrons. The van der Waals surface area contributed by atoms with Crippen LogP contribution in [0.1, 0.15) is 43.7 Å². The van der Waals surface area contributed by atoms with Gasteiger partial charge in [-0.1, -0.05) is 19.3 Å². The van der Waals surface area contributed by atoms with Crippen LogP contribution in [-0.2, 0) is 6.54 Å². The summed E-state index contributed by atoms with van der Waals surface area (Å²) in [6, 6.07) is 4.82. The molecule has 1 aromatic carbocycles. The topological polar surface area (TPSA) is 53.1 Å². The molecule has 2 N–H and O–H groups in total. The minimum atomic E-state index is -4.73. The van der Waals surface area contributed by atoms with E-state index < -0.39 is 6.36 Å². The van der Waals surface area contributed by atoms with E-state index in [1.54, 1.807) is 12.3 Å². The lowest BCUT2D eigenvalue weighted by Crippen LogP contribution is -2.17. The van der Waals surface area contributed by atoms with E-state index in [1.165, 1.54) is 31.4 Å². The molecule has 1 heterocycles. The summed E-state index contributed by atoms with van der Waals surface area (Å²) in [5, 5.41) is 4.40. The fourth-order valence-electron chi connectivity index (χ4n) is 3.17. The molecule has 2 aromatic rings. The van der Waals surface area contributed by atoms with Crippen LogP contribution in [0.4, 0.5) is 13.2 Å². The molecule has 1 aromatic heterocycles. The fraction of sp³-hybridized carbons (Fsp3) is 0.471. The number of hydrogen-bond acceptors (Lipinski definition) is 3. The largest absolute Gasteiger partial charge is 0.573 e. The number of halogens is 3. The zero-order chi connectivity index (χ0) is 17.2. The molecule has 0 atom stereocenters. The lowest BCUT2D eigenvalue weighted by Gasteiger charge is -2.21. The summed E-state index contributed by atoms with van der Waals surface area (Å²) in [7, 11) is 0. The summed E-state index contributed by atoms with van der Waals surface area (Å²) in [4.78, 5) is 0. The third-order valence-corrected chi connectivity index (χ3v) is 4.32. The quantitative estimate of drug-likeness (QED) is 0.897. The van der Waals surface area contributed by atoms with Crippen LogP contribution in [0.3, 0.4) is 0 Å². The zero-order valence-corrected chi connectivity index (χ0v) is 13.2. The molecule has 0 bridgehead atoms. The van der Waals surface area contributed by atoms with E-state index >= 15 is 0 Å². The zero-order valence-electron chi connectivity index (χ0n) is 13.2. The normalized spacial score (nSPS) is 16.3. The van der Waals surface area contributed by atoms with Crippen LogP contribution < -0.4 is 10.5 Å². The molecule has 1 aliphatic carbocycles. The SMILES string of the molecule is NCc1cc(OC(F)(F)F)cc(-c2cnn(C3CCCCC3)c2)c1. The molecule has 0 saturated heterocycles. The monoisotopic (exact) mass is 339 g/mol. The smallest absolute Gasteiger partial charge is 0.406 e. The van der Waals surface area contributed by atoms with E-state index in [-0.39, 0.29) is 12.3 Å². The van der Waals surface area contributed by atoms with Crippen LogP contribution >= 0.6 is 0 Å². The first-order chi connectivity index (χ1) is 11.4. The van der Waals surface area contributed by atoms with Crippen molar-refractivity contribution in [3.63, 3.8) is 0 Å². The van der Waals surface area contributed by atoms with Gasteiger partial charge in [-0.3, -0.25) is 4.68 Å². The molecule has 0 unspecified atom stereocenters. The Hall–Kier alpha value is -2.02. The number of ether oxygens (including phenoxy) is 1. The summed E-state index contributed by atoms with van der Waals surface area (Å²) < 4.78 is 43.4. The molecular formula is C17H20F3N3O. The van der Waals surface area contributed by atoms with Crippen molar-refractivity contribution in [2.24, 2.45) is 5.73 Å². The number of benzene rings is 1. The fourth-order valence-corrected chi connectivity index (χ4v) is 3.17. The van der Waals surface area contributed by atoms with E-state index in [9.17, 15) is 13.2 Å². The summed E-state index contributed by atoms with van der Waals surface area (Å²) >= 11 is 0. The first-order valence-corrected chi connectivity index (χ1v) is 8.09. The molecule has 1 aliphatic rings. The highest BCUT2D eigenvalue weighted by Crippen LogP contribution is 2.32. The van der Waals surface area contributed by atoms with Crippen molar-refractivity contribution in [3.8, 4) is 16.9 Å². The van der Waals surface area contributed by atoms with Gasteiger partial charge in [-0.25, -0.2) is 0 Å². The van der Waals surface area contributed by atoms with Gasteiger partial charge in [0.05, 0.1) is 12.2 Å². The molecule has 0 amide bonds. The third kappa shape index (κ3) is 4.08. The van der Waals surface area contributed by atoms with Crippen molar-refractivity contribution in [1.29, 1.82) is 0 Å². The molecule has 24 heavy (non-hydrogen) atoms. The standard InChI is InChI=1S/C17H20F3N3O/c18-17(19,20)24-16-7-12(9-21)6-13(8-16)14-10-22-23(11-14)15-4-2-1-3-5-15/h6-8,10-11,15H,1-5,9,21H2. The van der Waals surface area contributed by atoms with Crippen molar-refractivity contribution in [2.75, 3.05) is 0 Å². The van der Waals surface area contributed by atoms with Gasteiger partial charge in [-0.2, -0.15) is 5.10 Å². The number of nitrogens with two attached hydrogens (primary N) is 1. The van der Waals surface area contributed by atoms with E-state index in [2.05, 4.69) is 9.84 Å². The molecular weight excluding hydrogens is 319 g/mol. The van der Waals surface area contributed by atoms with E-state index in [0.29, 0.717) is 17.2 Å². The molecule has 1 fully saturated rings. The molecule has 0 radical (unpaired) electrons. The average Bonchev–Trinajstić information content (AvgIpc) is 3.04. The number of nitrogens with zero attached hydrogens (tertiary/aromatic N) is 2. The first-order valence-electron chi connectivity index (χ1n) is 8.09. The molecule has 3 rings (SSSR count). The predicted octanol–water partition coefficient (Wildman–Crippen LogP) is 4.41. The average molecular weight is 339 g/mol. The van der Waals surface area contributed by atoms with Crippen molar-refractivity contribution >= 4 is 0 Å². The summed E-state index contributed by atoms with van der Waals surface area (Å²) in [6.07, 6.45) is 4.65. The first kappa shape index (κ1) is 16.8.